The highest BCUT2D eigenvalue weighted by atomic mass is 35.5. The van der Waals surface area contributed by atoms with E-state index in [0.717, 1.165) is 25.2 Å². The Labute approximate surface area is 136 Å². The maximum absolute atomic E-state index is 6.01. The Kier molecular flexibility index (Phi) is 6.37. The standard InChI is InChI=1S/C17H20Cl2N2/c1-13(21-15-7-8-16(18)17(19)11-15)9-10-20-12-14-5-3-2-4-6-14/h2-8,11,13,20-21H,9-10,12H2,1H3. The van der Waals surface area contributed by atoms with Crippen LogP contribution in [0.15, 0.2) is 48.5 Å². The van der Waals surface area contributed by atoms with E-state index in [0.29, 0.717) is 16.1 Å². The minimum Gasteiger partial charge on any atom is -0.382 e. The van der Waals surface area contributed by atoms with Crippen LogP contribution < -0.4 is 10.6 Å². The molecule has 0 amide bonds. The zero-order valence-corrected chi connectivity index (χ0v) is 13.6. The maximum Gasteiger partial charge on any atom is 0.0612 e. The molecule has 0 spiro atoms. The van der Waals surface area contributed by atoms with Crippen molar-refractivity contribution in [3.63, 3.8) is 0 Å². The Hall–Kier alpha value is -1.22. The van der Waals surface area contributed by atoms with Gasteiger partial charge in [0.15, 0.2) is 0 Å². The van der Waals surface area contributed by atoms with Crippen LogP contribution in [0.5, 0.6) is 0 Å². The molecular formula is C17H20Cl2N2. The Bertz CT molecular complexity index is 558. The third kappa shape index (κ3) is 5.58. The van der Waals surface area contributed by atoms with Crippen LogP contribution in [0.25, 0.3) is 0 Å². The van der Waals surface area contributed by atoms with Crippen LogP contribution in [0.2, 0.25) is 10.0 Å². The highest BCUT2D eigenvalue weighted by molar-refractivity contribution is 6.42. The fourth-order valence-corrected chi connectivity index (χ4v) is 2.39. The van der Waals surface area contributed by atoms with E-state index >= 15 is 0 Å². The molecule has 2 aromatic rings. The molecule has 21 heavy (non-hydrogen) atoms. The minimum absolute atomic E-state index is 0.366. The lowest BCUT2D eigenvalue weighted by molar-refractivity contribution is 0.609. The van der Waals surface area contributed by atoms with E-state index in [1.54, 1.807) is 0 Å². The molecule has 0 bridgehead atoms. The van der Waals surface area contributed by atoms with Gasteiger partial charge in [-0.2, -0.15) is 0 Å². The zero-order chi connectivity index (χ0) is 15.1. The molecule has 0 aliphatic rings. The lowest BCUT2D eigenvalue weighted by Gasteiger charge is -2.16. The van der Waals surface area contributed by atoms with Crippen molar-refractivity contribution in [2.75, 3.05) is 11.9 Å². The Morgan fingerprint density at radius 2 is 1.76 bits per heavy atom. The molecule has 0 radical (unpaired) electrons. The van der Waals surface area contributed by atoms with E-state index < -0.39 is 0 Å². The second kappa shape index (κ2) is 8.28. The molecule has 4 heteroatoms. The fraction of sp³-hybridized carbons (Fsp3) is 0.294. The largest absolute Gasteiger partial charge is 0.382 e. The van der Waals surface area contributed by atoms with Crippen molar-refractivity contribution in [1.82, 2.24) is 5.32 Å². The van der Waals surface area contributed by atoms with E-state index in [1.807, 2.05) is 24.3 Å². The summed E-state index contributed by atoms with van der Waals surface area (Å²) >= 11 is 11.9. The first-order valence-electron chi connectivity index (χ1n) is 7.11. The van der Waals surface area contributed by atoms with Gasteiger partial charge in [0, 0.05) is 18.3 Å². The molecule has 2 rings (SSSR count). The van der Waals surface area contributed by atoms with Gasteiger partial charge in [-0.3, -0.25) is 0 Å². The van der Waals surface area contributed by atoms with Gasteiger partial charge in [0.05, 0.1) is 10.0 Å². The summed E-state index contributed by atoms with van der Waals surface area (Å²) in [6, 6.07) is 16.4. The second-order valence-corrected chi connectivity index (χ2v) is 5.94. The molecule has 0 aromatic heterocycles. The number of benzene rings is 2. The summed E-state index contributed by atoms with van der Waals surface area (Å²) in [6.45, 7) is 4.03. The zero-order valence-electron chi connectivity index (χ0n) is 12.1. The molecule has 0 aliphatic carbocycles. The number of halogens is 2. The molecule has 112 valence electrons. The first-order chi connectivity index (χ1) is 10.1. The molecular weight excluding hydrogens is 303 g/mol. The summed E-state index contributed by atoms with van der Waals surface area (Å²) in [6.07, 6.45) is 1.03. The summed E-state index contributed by atoms with van der Waals surface area (Å²) in [5, 5.41) is 8.04. The van der Waals surface area contributed by atoms with Crippen LogP contribution in [0.1, 0.15) is 18.9 Å². The molecule has 1 atom stereocenters. The summed E-state index contributed by atoms with van der Waals surface area (Å²) in [5.74, 6) is 0. The van der Waals surface area contributed by atoms with Crippen LogP contribution >= 0.6 is 23.2 Å². The van der Waals surface area contributed by atoms with Gasteiger partial charge in [-0.15, -0.1) is 0 Å². The fourth-order valence-electron chi connectivity index (χ4n) is 2.09. The van der Waals surface area contributed by atoms with Crippen molar-refractivity contribution in [2.45, 2.75) is 25.9 Å². The Balaban J connectivity index is 1.70. The van der Waals surface area contributed by atoms with Gasteiger partial charge in [-0.05, 0) is 43.7 Å². The summed E-state index contributed by atoms with van der Waals surface area (Å²) in [5.41, 5.74) is 2.31. The number of nitrogens with one attached hydrogen (secondary N) is 2. The van der Waals surface area contributed by atoms with Crippen LogP contribution in [0, 0.1) is 0 Å². The van der Waals surface area contributed by atoms with Gasteiger partial charge in [-0.1, -0.05) is 53.5 Å². The summed E-state index contributed by atoms with van der Waals surface area (Å²) in [7, 11) is 0. The van der Waals surface area contributed by atoms with Crippen LogP contribution in [0.4, 0.5) is 5.69 Å². The topological polar surface area (TPSA) is 24.1 Å². The molecule has 1 unspecified atom stereocenters. The third-order valence-electron chi connectivity index (χ3n) is 3.26. The second-order valence-electron chi connectivity index (χ2n) is 5.13. The van der Waals surface area contributed by atoms with Gasteiger partial charge in [0.1, 0.15) is 0 Å². The highest BCUT2D eigenvalue weighted by Crippen LogP contribution is 2.25. The highest BCUT2D eigenvalue weighted by Gasteiger charge is 2.04. The van der Waals surface area contributed by atoms with Crippen molar-refractivity contribution in [3.8, 4) is 0 Å². The van der Waals surface area contributed by atoms with Gasteiger partial charge < -0.3 is 10.6 Å². The van der Waals surface area contributed by atoms with Crippen LogP contribution in [0.3, 0.4) is 0 Å². The summed E-state index contributed by atoms with van der Waals surface area (Å²) in [4.78, 5) is 0. The molecule has 2 N–H and O–H groups in total. The van der Waals surface area contributed by atoms with E-state index in [9.17, 15) is 0 Å². The molecule has 0 saturated carbocycles. The predicted octanol–water partition coefficient (Wildman–Crippen LogP) is 4.97. The van der Waals surface area contributed by atoms with Crippen LogP contribution in [-0.2, 0) is 6.54 Å². The van der Waals surface area contributed by atoms with Crippen molar-refractivity contribution < 1.29 is 0 Å². The van der Waals surface area contributed by atoms with Crippen molar-refractivity contribution in [1.29, 1.82) is 0 Å². The third-order valence-corrected chi connectivity index (χ3v) is 4.00. The number of hydrogen-bond donors (Lipinski definition) is 2. The van der Waals surface area contributed by atoms with Crippen molar-refractivity contribution in [3.05, 3.63) is 64.1 Å². The maximum atomic E-state index is 6.01. The number of hydrogen-bond acceptors (Lipinski definition) is 2. The average Bonchev–Trinajstić information content (AvgIpc) is 2.49. The smallest absolute Gasteiger partial charge is 0.0612 e. The normalized spacial score (nSPS) is 12.1. The Morgan fingerprint density at radius 1 is 1.00 bits per heavy atom. The van der Waals surface area contributed by atoms with Crippen molar-refractivity contribution in [2.24, 2.45) is 0 Å². The minimum atomic E-state index is 0.366. The van der Waals surface area contributed by atoms with Gasteiger partial charge in [-0.25, -0.2) is 0 Å². The Morgan fingerprint density at radius 3 is 2.48 bits per heavy atom. The monoisotopic (exact) mass is 322 g/mol. The molecule has 2 nitrogen and oxygen atoms in total. The van der Waals surface area contributed by atoms with Gasteiger partial charge in [0.25, 0.3) is 0 Å². The molecule has 0 aliphatic heterocycles. The van der Waals surface area contributed by atoms with Crippen molar-refractivity contribution >= 4 is 28.9 Å². The predicted molar refractivity (Wildman–Crippen MR) is 92.3 cm³/mol. The lowest BCUT2D eigenvalue weighted by Crippen LogP contribution is -2.23. The van der Waals surface area contributed by atoms with Crippen LogP contribution in [-0.4, -0.2) is 12.6 Å². The van der Waals surface area contributed by atoms with E-state index in [2.05, 4.69) is 41.8 Å². The number of rotatable bonds is 7. The summed E-state index contributed by atoms with van der Waals surface area (Å²) < 4.78 is 0. The molecule has 0 heterocycles. The molecule has 0 saturated heterocycles. The SMILES string of the molecule is CC(CCNCc1ccccc1)Nc1ccc(Cl)c(Cl)c1. The lowest BCUT2D eigenvalue weighted by atomic mass is 10.2. The van der Waals surface area contributed by atoms with E-state index in [4.69, 9.17) is 23.2 Å². The number of anilines is 1. The van der Waals surface area contributed by atoms with E-state index in [-0.39, 0.29) is 0 Å². The first-order valence-corrected chi connectivity index (χ1v) is 7.87. The molecule has 0 fully saturated rings. The van der Waals surface area contributed by atoms with Gasteiger partial charge in [0.2, 0.25) is 0 Å². The first kappa shape index (κ1) is 16.2. The molecule has 2 aromatic carbocycles. The quantitative estimate of drug-likeness (QED) is 0.703. The van der Waals surface area contributed by atoms with E-state index in [1.165, 1.54) is 5.56 Å². The average molecular weight is 323 g/mol. The van der Waals surface area contributed by atoms with Gasteiger partial charge >= 0.3 is 0 Å².